The number of rotatable bonds is 5. The van der Waals surface area contributed by atoms with Crippen molar-refractivity contribution in [3.63, 3.8) is 0 Å². The third kappa shape index (κ3) is 8.56. The fraction of sp³-hybridized carbons (Fsp3) is 0.467. The number of benzene rings is 2. The molecule has 1 N–H and O–H groups in total. The number of ether oxygens (including phenoxy) is 2. The van der Waals surface area contributed by atoms with Gasteiger partial charge in [0.2, 0.25) is 0 Å². The van der Waals surface area contributed by atoms with Crippen molar-refractivity contribution in [2.45, 2.75) is 70.3 Å². The minimum atomic E-state index is -0.876. The topological polar surface area (TPSA) is 79.3 Å². The van der Waals surface area contributed by atoms with E-state index in [0.29, 0.717) is 51.7 Å². The van der Waals surface area contributed by atoms with E-state index in [1.807, 2.05) is 63.2 Å². The average molecular weight is 664 g/mol. The summed E-state index contributed by atoms with van der Waals surface area (Å²) in [4.78, 5) is 29.3. The molecule has 39 heavy (non-hydrogen) atoms. The van der Waals surface area contributed by atoms with Crippen molar-refractivity contribution in [2.24, 2.45) is 0 Å². The van der Waals surface area contributed by atoms with E-state index in [1.54, 1.807) is 4.90 Å². The minimum Gasteiger partial charge on any atom is -0.444 e. The van der Waals surface area contributed by atoms with Crippen molar-refractivity contribution in [3.05, 3.63) is 80.3 Å². The van der Waals surface area contributed by atoms with Crippen LogP contribution in [0.4, 0.5) is 9.59 Å². The molecule has 9 heteroatoms. The highest BCUT2D eigenvalue weighted by Gasteiger charge is 2.38. The second kappa shape index (κ2) is 12.4. The van der Waals surface area contributed by atoms with E-state index in [0.717, 1.165) is 25.6 Å². The molecule has 2 aromatic rings. The fourth-order valence-electron chi connectivity index (χ4n) is 4.84. The summed E-state index contributed by atoms with van der Waals surface area (Å²) in [5, 5.41) is 11.2. The molecular formula is C30H36Br2N2O5. The molecule has 2 amide bonds. The molecule has 1 unspecified atom stereocenters. The lowest BCUT2D eigenvalue weighted by Gasteiger charge is -2.40. The van der Waals surface area contributed by atoms with Gasteiger partial charge < -0.3 is 19.5 Å². The molecule has 7 nitrogen and oxygen atoms in total. The third-order valence-electron chi connectivity index (χ3n) is 6.97. The van der Waals surface area contributed by atoms with Crippen LogP contribution in [0, 0.1) is 0 Å². The lowest BCUT2D eigenvalue weighted by molar-refractivity contribution is -0.0556. The summed E-state index contributed by atoms with van der Waals surface area (Å²) in [6.45, 7) is 6.50. The van der Waals surface area contributed by atoms with Crippen molar-refractivity contribution >= 4 is 44.0 Å². The number of carbonyl (C=O) groups is 2. The number of carbonyl (C=O) groups excluding carboxylic acids is 2. The molecule has 2 aliphatic rings. The van der Waals surface area contributed by atoms with E-state index in [1.165, 1.54) is 4.90 Å². The number of aliphatic hydroxyl groups is 1. The molecule has 1 atom stereocenters. The highest BCUT2D eigenvalue weighted by Crippen LogP contribution is 2.29. The standard InChI is InChI=1S/C30H36Br2N2O5/c1-29(2,3)39-28(36)34-15-12-23(18-21-4-8-24(31)9-5-21)19-26(34)38-27(35)33-16-13-30(37,14-17-33)20-22-6-10-25(32)11-7-22/h4-12,26,37H,13-20H2,1-3H3. The van der Waals surface area contributed by atoms with E-state index in [2.05, 4.69) is 44.0 Å². The molecule has 2 heterocycles. The monoisotopic (exact) mass is 662 g/mol. The van der Waals surface area contributed by atoms with Crippen LogP contribution in [-0.4, -0.2) is 64.2 Å². The number of nitrogens with zero attached hydrogens (tertiary/aromatic N) is 2. The zero-order valence-electron chi connectivity index (χ0n) is 22.7. The predicted molar refractivity (Wildman–Crippen MR) is 157 cm³/mol. The molecule has 1 saturated heterocycles. The maximum absolute atomic E-state index is 13.2. The van der Waals surface area contributed by atoms with E-state index in [4.69, 9.17) is 9.47 Å². The number of hydrogen-bond acceptors (Lipinski definition) is 5. The van der Waals surface area contributed by atoms with Gasteiger partial charge in [0.1, 0.15) is 5.60 Å². The van der Waals surface area contributed by atoms with Gasteiger partial charge in [0, 0.05) is 41.4 Å². The van der Waals surface area contributed by atoms with Gasteiger partial charge in [-0.25, -0.2) is 9.59 Å². The Balaban J connectivity index is 1.40. The fourth-order valence-corrected chi connectivity index (χ4v) is 5.37. The van der Waals surface area contributed by atoms with E-state index < -0.39 is 29.6 Å². The molecule has 0 saturated carbocycles. The van der Waals surface area contributed by atoms with Crippen LogP contribution >= 0.6 is 31.9 Å². The number of halogens is 2. The van der Waals surface area contributed by atoms with Crippen molar-refractivity contribution in [1.82, 2.24) is 9.80 Å². The molecule has 210 valence electrons. The Kier molecular flexibility index (Phi) is 9.45. The Bertz CT molecular complexity index is 1180. The van der Waals surface area contributed by atoms with Crippen molar-refractivity contribution in [2.75, 3.05) is 19.6 Å². The van der Waals surface area contributed by atoms with Crippen LogP contribution in [0.3, 0.4) is 0 Å². The van der Waals surface area contributed by atoms with Crippen molar-refractivity contribution in [1.29, 1.82) is 0 Å². The second-order valence-corrected chi connectivity index (χ2v) is 13.2. The third-order valence-corrected chi connectivity index (χ3v) is 8.03. The number of hydrogen-bond donors (Lipinski definition) is 1. The predicted octanol–water partition coefficient (Wildman–Crippen LogP) is 6.85. The highest BCUT2D eigenvalue weighted by molar-refractivity contribution is 9.10. The average Bonchev–Trinajstić information content (AvgIpc) is 2.86. The van der Waals surface area contributed by atoms with Crippen LogP contribution in [-0.2, 0) is 22.3 Å². The Morgan fingerprint density at radius 2 is 1.51 bits per heavy atom. The first kappa shape index (κ1) is 29.6. The molecule has 0 aromatic heterocycles. The summed E-state index contributed by atoms with van der Waals surface area (Å²) in [5.74, 6) is 0. The van der Waals surface area contributed by atoms with E-state index >= 15 is 0 Å². The zero-order valence-corrected chi connectivity index (χ0v) is 25.8. The molecule has 0 spiro atoms. The van der Waals surface area contributed by atoms with Gasteiger partial charge >= 0.3 is 12.2 Å². The van der Waals surface area contributed by atoms with Gasteiger partial charge in [-0.1, -0.05) is 67.8 Å². The highest BCUT2D eigenvalue weighted by atomic mass is 79.9. The number of piperidine rings is 1. The summed E-state index contributed by atoms with van der Waals surface area (Å²) in [6, 6.07) is 16.0. The molecule has 0 radical (unpaired) electrons. The summed E-state index contributed by atoms with van der Waals surface area (Å²) in [7, 11) is 0. The maximum atomic E-state index is 13.2. The van der Waals surface area contributed by atoms with E-state index in [9.17, 15) is 14.7 Å². The number of amides is 2. The van der Waals surface area contributed by atoms with Gasteiger partial charge in [-0.15, -0.1) is 0 Å². The SMILES string of the molecule is CC(C)(C)OC(=O)N1CC=C(Cc2ccc(Br)cc2)CC1OC(=O)N1CCC(O)(Cc2ccc(Br)cc2)CC1. The molecule has 0 aliphatic carbocycles. The van der Waals surface area contributed by atoms with E-state index in [-0.39, 0.29) is 0 Å². The van der Waals surface area contributed by atoms with Gasteiger partial charge in [0.15, 0.2) is 6.23 Å². The van der Waals surface area contributed by atoms with Gasteiger partial charge in [-0.05, 0) is 75.4 Å². The normalized spacial score (nSPS) is 19.3. The quantitative estimate of drug-likeness (QED) is 0.354. The minimum absolute atomic E-state index is 0.297. The Morgan fingerprint density at radius 3 is 2.08 bits per heavy atom. The van der Waals surface area contributed by atoms with Crippen LogP contribution in [0.15, 0.2) is 69.1 Å². The van der Waals surface area contributed by atoms with Gasteiger partial charge in [0.25, 0.3) is 0 Å². The second-order valence-electron chi connectivity index (χ2n) is 11.4. The summed E-state index contributed by atoms with van der Waals surface area (Å²) in [6.07, 6.45) is 2.79. The molecule has 4 rings (SSSR count). The van der Waals surface area contributed by atoms with Crippen molar-refractivity contribution < 1.29 is 24.2 Å². The Morgan fingerprint density at radius 1 is 0.949 bits per heavy atom. The molecule has 0 bridgehead atoms. The lowest BCUT2D eigenvalue weighted by atomic mass is 9.85. The molecule has 1 fully saturated rings. The molecule has 2 aliphatic heterocycles. The van der Waals surface area contributed by atoms with Crippen LogP contribution in [0.2, 0.25) is 0 Å². The van der Waals surface area contributed by atoms with Gasteiger partial charge in [-0.2, -0.15) is 0 Å². The van der Waals surface area contributed by atoms with Crippen LogP contribution in [0.25, 0.3) is 0 Å². The number of likely N-dealkylation sites (tertiary alicyclic amines) is 1. The Hall–Kier alpha value is -2.36. The first-order chi connectivity index (χ1) is 18.4. The van der Waals surface area contributed by atoms with Crippen LogP contribution < -0.4 is 0 Å². The summed E-state index contributed by atoms with van der Waals surface area (Å²) >= 11 is 6.91. The molecular weight excluding hydrogens is 628 g/mol. The molecule has 2 aromatic carbocycles. The largest absolute Gasteiger partial charge is 0.444 e. The van der Waals surface area contributed by atoms with Crippen LogP contribution in [0.5, 0.6) is 0 Å². The lowest BCUT2D eigenvalue weighted by Crippen LogP contribution is -2.52. The summed E-state index contributed by atoms with van der Waals surface area (Å²) in [5.41, 5.74) is 1.74. The van der Waals surface area contributed by atoms with Gasteiger partial charge in [0.05, 0.1) is 5.60 Å². The van der Waals surface area contributed by atoms with Crippen molar-refractivity contribution in [3.8, 4) is 0 Å². The Labute approximate surface area is 247 Å². The summed E-state index contributed by atoms with van der Waals surface area (Å²) < 4.78 is 13.6. The first-order valence-electron chi connectivity index (χ1n) is 13.2. The smallest absolute Gasteiger partial charge is 0.413 e. The zero-order chi connectivity index (χ0) is 28.2. The maximum Gasteiger partial charge on any atom is 0.413 e. The van der Waals surface area contributed by atoms with Gasteiger partial charge in [-0.3, -0.25) is 4.90 Å². The first-order valence-corrected chi connectivity index (χ1v) is 14.8. The van der Waals surface area contributed by atoms with Crippen LogP contribution in [0.1, 0.15) is 51.2 Å².